The molecule has 8 heteroatoms. The highest BCUT2D eigenvalue weighted by Gasteiger charge is 2.14. The molecule has 3 heterocycles. The number of hydrogen-bond acceptors (Lipinski definition) is 6. The monoisotopic (exact) mass is 244 g/mol. The smallest absolute Gasteiger partial charge is 0.263 e. The second-order valence-electron chi connectivity index (χ2n) is 3.65. The molecular weight excluding hydrogens is 236 g/mol. The van der Waals surface area contributed by atoms with Crippen LogP contribution in [0.15, 0.2) is 27.9 Å². The molecule has 0 bridgehead atoms. The highest BCUT2D eigenvalue weighted by Crippen LogP contribution is 2.16. The average Bonchev–Trinajstić information content (AvgIpc) is 2.99. The Balaban J connectivity index is 2.06. The van der Waals surface area contributed by atoms with Crippen LogP contribution in [-0.4, -0.2) is 30.3 Å². The summed E-state index contributed by atoms with van der Waals surface area (Å²) in [7, 11) is 0. The van der Waals surface area contributed by atoms with Gasteiger partial charge in [-0.25, -0.2) is 4.98 Å². The van der Waals surface area contributed by atoms with E-state index in [-0.39, 0.29) is 17.1 Å². The third-order valence-electron chi connectivity index (χ3n) is 2.34. The molecule has 3 aromatic heterocycles. The molecule has 0 aliphatic rings. The van der Waals surface area contributed by atoms with Crippen LogP contribution in [0.1, 0.15) is 5.69 Å². The summed E-state index contributed by atoms with van der Waals surface area (Å²) < 4.78 is 5.03. The van der Waals surface area contributed by atoms with Crippen molar-refractivity contribution in [2.75, 3.05) is 0 Å². The van der Waals surface area contributed by atoms with Gasteiger partial charge in [-0.05, 0) is 6.92 Å². The van der Waals surface area contributed by atoms with Gasteiger partial charge in [0.25, 0.3) is 5.89 Å². The maximum Gasteiger partial charge on any atom is 0.263 e. The third kappa shape index (κ3) is 1.69. The van der Waals surface area contributed by atoms with Crippen LogP contribution < -0.4 is 5.43 Å². The summed E-state index contributed by atoms with van der Waals surface area (Å²) in [6.07, 6.45) is 2.87. The molecule has 0 saturated carbocycles. The van der Waals surface area contributed by atoms with Crippen LogP contribution in [0.3, 0.4) is 0 Å². The summed E-state index contributed by atoms with van der Waals surface area (Å²) in [6, 6.07) is 1.47. The lowest BCUT2D eigenvalue weighted by atomic mass is 10.2. The van der Waals surface area contributed by atoms with Gasteiger partial charge in [-0.2, -0.15) is 10.1 Å². The maximum atomic E-state index is 11.8. The second-order valence-corrected chi connectivity index (χ2v) is 3.65. The highest BCUT2D eigenvalue weighted by molar-refractivity contribution is 5.54. The molecule has 2 N–H and O–H groups in total. The molecule has 0 aliphatic heterocycles. The lowest BCUT2D eigenvalue weighted by Gasteiger charge is -1.94. The highest BCUT2D eigenvalue weighted by atomic mass is 16.5. The first-order valence-corrected chi connectivity index (χ1v) is 5.13. The molecule has 0 aliphatic carbocycles. The quantitative estimate of drug-likeness (QED) is 0.679. The third-order valence-corrected chi connectivity index (χ3v) is 2.34. The van der Waals surface area contributed by atoms with Gasteiger partial charge in [0.1, 0.15) is 11.9 Å². The SMILES string of the molecule is Cc1cc(=O)c(-c2nc(-c3ncn[nH]3)no2)c[nH]1. The van der Waals surface area contributed by atoms with E-state index in [4.69, 9.17) is 4.52 Å². The number of rotatable bonds is 2. The van der Waals surface area contributed by atoms with E-state index >= 15 is 0 Å². The normalized spacial score (nSPS) is 10.7. The van der Waals surface area contributed by atoms with Crippen LogP contribution >= 0.6 is 0 Å². The van der Waals surface area contributed by atoms with Crippen LogP contribution in [0.25, 0.3) is 23.1 Å². The summed E-state index contributed by atoms with van der Waals surface area (Å²) in [5.41, 5.74) is 0.900. The van der Waals surface area contributed by atoms with Gasteiger partial charge in [-0.3, -0.25) is 9.89 Å². The minimum Gasteiger partial charge on any atom is -0.364 e. The van der Waals surface area contributed by atoms with Gasteiger partial charge in [0.2, 0.25) is 5.82 Å². The standard InChI is InChI=1S/C10H8N6O2/c1-5-2-7(17)6(3-11-5)10-14-9(16-18-10)8-12-4-13-15-8/h2-4H,1H3,(H,11,17)(H,12,13,15). The fraction of sp³-hybridized carbons (Fsp3) is 0.100. The van der Waals surface area contributed by atoms with E-state index in [9.17, 15) is 4.79 Å². The molecular formula is C10H8N6O2. The Labute approximate surface area is 100 Å². The van der Waals surface area contributed by atoms with Crippen molar-refractivity contribution in [1.29, 1.82) is 0 Å². The molecule has 3 rings (SSSR count). The van der Waals surface area contributed by atoms with E-state index in [1.54, 1.807) is 6.92 Å². The van der Waals surface area contributed by atoms with Crippen LogP contribution in [0, 0.1) is 6.92 Å². The zero-order chi connectivity index (χ0) is 12.5. The molecule has 8 nitrogen and oxygen atoms in total. The van der Waals surface area contributed by atoms with E-state index in [1.165, 1.54) is 18.6 Å². The Morgan fingerprint density at radius 2 is 2.28 bits per heavy atom. The molecule has 0 fully saturated rings. The number of aromatic amines is 2. The molecule has 3 aromatic rings. The van der Waals surface area contributed by atoms with Crippen molar-refractivity contribution in [1.82, 2.24) is 30.3 Å². The van der Waals surface area contributed by atoms with Gasteiger partial charge in [0.15, 0.2) is 11.3 Å². The molecule has 0 spiro atoms. The number of aryl methyl sites for hydroxylation is 1. The van der Waals surface area contributed by atoms with E-state index in [0.29, 0.717) is 11.4 Å². The average molecular weight is 244 g/mol. The van der Waals surface area contributed by atoms with Gasteiger partial charge in [-0.1, -0.05) is 5.16 Å². The number of nitrogens with zero attached hydrogens (tertiary/aromatic N) is 4. The Morgan fingerprint density at radius 1 is 1.39 bits per heavy atom. The molecule has 90 valence electrons. The largest absolute Gasteiger partial charge is 0.364 e. The van der Waals surface area contributed by atoms with Gasteiger partial charge < -0.3 is 9.51 Å². The number of pyridine rings is 1. The lowest BCUT2D eigenvalue weighted by Crippen LogP contribution is -2.05. The van der Waals surface area contributed by atoms with Crippen molar-refractivity contribution < 1.29 is 4.52 Å². The lowest BCUT2D eigenvalue weighted by molar-refractivity contribution is 0.431. The van der Waals surface area contributed by atoms with Gasteiger partial charge in [0, 0.05) is 18.0 Å². The summed E-state index contributed by atoms with van der Waals surface area (Å²) in [4.78, 5) is 22.6. The summed E-state index contributed by atoms with van der Waals surface area (Å²) >= 11 is 0. The van der Waals surface area contributed by atoms with E-state index in [0.717, 1.165) is 5.69 Å². The molecule has 0 radical (unpaired) electrons. The topological polar surface area (TPSA) is 113 Å². The number of hydrogen-bond donors (Lipinski definition) is 2. The van der Waals surface area contributed by atoms with Crippen molar-refractivity contribution >= 4 is 0 Å². The fourth-order valence-electron chi connectivity index (χ4n) is 1.48. The van der Waals surface area contributed by atoms with E-state index in [1.807, 2.05) is 0 Å². The van der Waals surface area contributed by atoms with Crippen molar-refractivity contribution in [2.24, 2.45) is 0 Å². The van der Waals surface area contributed by atoms with Crippen molar-refractivity contribution in [3.05, 3.63) is 34.5 Å². The summed E-state index contributed by atoms with van der Waals surface area (Å²) in [5, 5.41) is 10.0. The minimum absolute atomic E-state index is 0.141. The maximum absolute atomic E-state index is 11.8. The first-order valence-electron chi connectivity index (χ1n) is 5.13. The Bertz CT molecular complexity index is 727. The Hall–Kier alpha value is -2.77. The Morgan fingerprint density at radius 3 is 3.00 bits per heavy atom. The summed E-state index contributed by atoms with van der Waals surface area (Å²) in [6.45, 7) is 1.79. The van der Waals surface area contributed by atoms with Crippen molar-refractivity contribution in [3.63, 3.8) is 0 Å². The number of nitrogens with one attached hydrogen (secondary N) is 2. The van der Waals surface area contributed by atoms with Crippen LogP contribution in [0.5, 0.6) is 0 Å². The first kappa shape index (κ1) is 10.4. The molecule has 0 saturated heterocycles. The number of aromatic nitrogens is 6. The molecule has 18 heavy (non-hydrogen) atoms. The van der Waals surface area contributed by atoms with E-state index < -0.39 is 0 Å². The van der Waals surface area contributed by atoms with Gasteiger partial charge in [0.05, 0.1) is 0 Å². The Kier molecular flexibility index (Phi) is 2.26. The van der Waals surface area contributed by atoms with Crippen LogP contribution in [-0.2, 0) is 0 Å². The van der Waals surface area contributed by atoms with Gasteiger partial charge in [-0.15, -0.1) is 0 Å². The fourth-order valence-corrected chi connectivity index (χ4v) is 1.48. The zero-order valence-electron chi connectivity index (χ0n) is 9.34. The second kappa shape index (κ2) is 3.91. The molecule has 0 atom stereocenters. The number of H-pyrrole nitrogens is 2. The van der Waals surface area contributed by atoms with Gasteiger partial charge >= 0.3 is 0 Å². The molecule has 0 aromatic carbocycles. The minimum atomic E-state index is -0.181. The molecule has 0 amide bonds. The zero-order valence-corrected chi connectivity index (χ0v) is 9.34. The van der Waals surface area contributed by atoms with Crippen molar-refractivity contribution in [2.45, 2.75) is 6.92 Å². The van der Waals surface area contributed by atoms with Crippen LogP contribution in [0.4, 0.5) is 0 Å². The summed E-state index contributed by atoms with van der Waals surface area (Å²) in [5.74, 6) is 0.777. The molecule has 0 unspecified atom stereocenters. The predicted molar refractivity (Wildman–Crippen MR) is 60.5 cm³/mol. The first-order chi connectivity index (χ1) is 8.74. The van der Waals surface area contributed by atoms with E-state index in [2.05, 4.69) is 30.3 Å². The van der Waals surface area contributed by atoms with Crippen molar-refractivity contribution in [3.8, 4) is 23.1 Å². The van der Waals surface area contributed by atoms with Crippen LogP contribution in [0.2, 0.25) is 0 Å². The predicted octanol–water partition coefficient (Wildman–Crippen LogP) is 0.518.